The van der Waals surface area contributed by atoms with Gasteiger partial charge in [0.2, 0.25) is 0 Å². The SMILES string of the molecule is c1cn(CCN2CCN(C3CCOCC3)CC2)cn1. The molecule has 1 aromatic rings. The van der Waals surface area contributed by atoms with E-state index >= 15 is 0 Å². The summed E-state index contributed by atoms with van der Waals surface area (Å²) in [5.74, 6) is 0. The summed E-state index contributed by atoms with van der Waals surface area (Å²) in [4.78, 5) is 9.31. The fourth-order valence-corrected chi connectivity index (χ4v) is 3.08. The molecule has 0 atom stereocenters. The van der Waals surface area contributed by atoms with Crippen LogP contribution in [-0.4, -0.2) is 71.3 Å². The number of imidazole rings is 1. The van der Waals surface area contributed by atoms with Crippen LogP contribution in [0, 0.1) is 0 Å². The summed E-state index contributed by atoms with van der Waals surface area (Å²) < 4.78 is 7.60. The molecule has 2 saturated heterocycles. The fourth-order valence-electron chi connectivity index (χ4n) is 3.08. The van der Waals surface area contributed by atoms with Crippen LogP contribution >= 0.6 is 0 Å². The molecule has 19 heavy (non-hydrogen) atoms. The summed E-state index contributed by atoms with van der Waals surface area (Å²) in [6.45, 7) is 8.92. The zero-order valence-electron chi connectivity index (χ0n) is 11.6. The van der Waals surface area contributed by atoms with Crippen LogP contribution in [0.1, 0.15) is 12.8 Å². The van der Waals surface area contributed by atoms with Gasteiger partial charge in [0.05, 0.1) is 6.33 Å². The molecule has 0 spiro atoms. The molecule has 3 rings (SSSR count). The Hall–Kier alpha value is -0.910. The van der Waals surface area contributed by atoms with E-state index < -0.39 is 0 Å². The lowest BCUT2D eigenvalue weighted by atomic mass is 10.1. The minimum absolute atomic E-state index is 0.768. The van der Waals surface area contributed by atoms with Gasteiger partial charge in [-0.25, -0.2) is 4.98 Å². The number of ether oxygens (including phenoxy) is 1. The van der Waals surface area contributed by atoms with Gasteiger partial charge >= 0.3 is 0 Å². The standard InChI is InChI=1S/C14H24N4O/c1-11-19-12-2-14(1)18-9-7-16(8-10-18)5-6-17-4-3-15-13-17/h3-4,13-14H,1-2,5-12H2. The van der Waals surface area contributed by atoms with Crippen LogP contribution in [-0.2, 0) is 11.3 Å². The maximum Gasteiger partial charge on any atom is 0.0946 e. The quantitative estimate of drug-likeness (QED) is 0.801. The molecule has 0 radical (unpaired) electrons. The van der Waals surface area contributed by atoms with Gasteiger partial charge in [-0.3, -0.25) is 9.80 Å². The third kappa shape index (κ3) is 3.55. The molecule has 0 saturated carbocycles. The summed E-state index contributed by atoms with van der Waals surface area (Å²) in [6.07, 6.45) is 8.23. The fraction of sp³-hybridized carbons (Fsp3) is 0.786. The zero-order valence-corrected chi connectivity index (χ0v) is 11.6. The molecule has 5 nitrogen and oxygen atoms in total. The molecule has 2 fully saturated rings. The average molecular weight is 264 g/mol. The lowest BCUT2D eigenvalue weighted by Crippen LogP contribution is -2.52. The molecule has 2 aliphatic rings. The molecule has 2 aliphatic heterocycles. The minimum atomic E-state index is 0.768. The van der Waals surface area contributed by atoms with Gasteiger partial charge in [0.15, 0.2) is 0 Å². The van der Waals surface area contributed by atoms with E-state index in [1.807, 2.05) is 18.7 Å². The normalized spacial score (nSPS) is 23.8. The third-order valence-corrected chi connectivity index (χ3v) is 4.35. The molecule has 0 unspecified atom stereocenters. The highest BCUT2D eigenvalue weighted by Crippen LogP contribution is 2.16. The van der Waals surface area contributed by atoms with Gasteiger partial charge in [-0.05, 0) is 12.8 Å². The van der Waals surface area contributed by atoms with Gasteiger partial charge < -0.3 is 9.30 Å². The van der Waals surface area contributed by atoms with Gasteiger partial charge in [-0.1, -0.05) is 0 Å². The van der Waals surface area contributed by atoms with Crippen LogP contribution in [0.3, 0.4) is 0 Å². The second kappa shape index (κ2) is 6.50. The van der Waals surface area contributed by atoms with Crippen LogP contribution in [0.5, 0.6) is 0 Å². The van der Waals surface area contributed by atoms with Gasteiger partial charge in [-0.15, -0.1) is 0 Å². The molecule has 106 valence electrons. The first kappa shape index (κ1) is 13.1. The Kier molecular flexibility index (Phi) is 4.48. The largest absolute Gasteiger partial charge is 0.381 e. The van der Waals surface area contributed by atoms with Crippen molar-refractivity contribution in [3.63, 3.8) is 0 Å². The van der Waals surface area contributed by atoms with E-state index in [1.54, 1.807) is 0 Å². The second-order valence-electron chi connectivity index (χ2n) is 5.52. The molecule has 0 aliphatic carbocycles. The monoisotopic (exact) mass is 264 g/mol. The van der Waals surface area contributed by atoms with Crippen molar-refractivity contribution < 1.29 is 4.74 Å². The highest BCUT2D eigenvalue weighted by Gasteiger charge is 2.25. The maximum atomic E-state index is 5.45. The number of nitrogens with zero attached hydrogens (tertiary/aromatic N) is 4. The number of piperazine rings is 1. The molecular weight excluding hydrogens is 240 g/mol. The van der Waals surface area contributed by atoms with E-state index in [9.17, 15) is 0 Å². The first-order valence-electron chi connectivity index (χ1n) is 7.42. The molecule has 0 N–H and O–H groups in total. The molecule has 0 amide bonds. The predicted octanol–water partition coefficient (Wildman–Crippen LogP) is 0.680. The Morgan fingerprint density at radius 3 is 2.53 bits per heavy atom. The first-order chi connectivity index (χ1) is 9.42. The Balaban J connectivity index is 1.39. The molecular formula is C14H24N4O. The lowest BCUT2D eigenvalue weighted by Gasteiger charge is -2.40. The summed E-state index contributed by atoms with van der Waals surface area (Å²) >= 11 is 0. The van der Waals surface area contributed by atoms with Gasteiger partial charge in [0.25, 0.3) is 0 Å². The van der Waals surface area contributed by atoms with Crippen molar-refractivity contribution in [2.45, 2.75) is 25.4 Å². The Bertz CT molecular complexity index is 354. The summed E-state index contributed by atoms with van der Waals surface area (Å²) in [7, 11) is 0. The van der Waals surface area contributed by atoms with E-state index in [-0.39, 0.29) is 0 Å². The molecule has 3 heterocycles. The third-order valence-electron chi connectivity index (χ3n) is 4.35. The van der Waals surface area contributed by atoms with Crippen molar-refractivity contribution in [2.75, 3.05) is 45.9 Å². The van der Waals surface area contributed by atoms with Crippen molar-refractivity contribution in [2.24, 2.45) is 0 Å². The van der Waals surface area contributed by atoms with Crippen molar-refractivity contribution in [1.82, 2.24) is 19.4 Å². The van der Waals surface area contributed by atoms with Gasteiger partial charge in [0.1, 0.15) is 0 Å². The van der Waals surface area contributed by atoms with Gasteiger partial charge in [-0.2, -0.15) is 0 Å². The van der Waals surface area contributed by atoms with E-state index in [0.29, 0.717) is 0 Å². The maximum absolute atomic E-state index is 5.45. The number of rotatable bonds is 4. The topological polar surface area (TPSA) is 33.5 Å². The Labute approximate surface area is 115 Å². The number of aromatic nitrogens is 2. The lowest BCUT2D eigenvalue weighted by molar-refractivity contribution is 0.0134. The first-order valence-corrected chi connectivity index (χ1v) is 7.42. The van der Waals surface area contributed by atoms with Crippen molar-refractivity contribution in [3.8, 4) is 0 Å². The highest BCUT2D eigenvalue weighted by atomic mass is 16.5. The average Bonchev–Trinajstić information content (AvgIpc) is 3.00. The van der Waals surface area contributed by atoms with Crippen LogP contribution < -0.4 is 0 Å². The zero-order chi connectivity index (χ0) is 12.9. The van der Waals surface area contributed by atoms with E-state index in [2.05, 4.69) is 19.4 Å². The highest BCUT2D eigenvalue weighted by molar-refractivity contribution is 4.81. The molecule has 0 aromatic carbocycles. The molecule has 0 bridgehead atoms. The number of hydrogen-bond donors (Lipinski definition) is 0. The Morgan fingerprint density at radius 1 is 1.05 bits per heavy atom. The smallest absolute Gasteiger partial charge is 0.0946 e. The molecule has 1 aromatic heterocycles. The Morgan fingerprint density at radius 2 is 1.84 bits per heavy atom. The van der Waals surface area contributed by atoms with Crippen molar-refractivity contribution in [1.29, 1.82) is 0 Å². The van der Waals surface area contributed by atoms with E-state index in [0.717, 1.165) is 32.3 Å². The van der Waals surface area contributed by atoms with Gasteiger partial charge in [0, 0.05) is 70.9 Å². The van der Waals surface area contributed by atoms with E-state index in [1.165, 1.54) is 39.0 Å². The minimum Gasteiger partial charge on any atom is -0.381 e. The molecule has 5 heteroatoms. The summed E-state index contributed by atoms with van der Waals surface area (Å²) in [6, 6.07) is 0.768. The van der Waals surface area contributed by atoms with Crippen LogP contribution in [0.25, 0.3) is 0 Å². The van der Waals surface area contributed by atoms with Crippen molar-refractivity contribution >= 4 is 0 Å². The van der Waals surface area contributed by atoms with Crippen LogP contribution in [0.4, 0.5) is 0 Å². The number of hydrogen-bond acceptors (Lipinski definition) is 4. The van der Waals surface area contributed by atoms with Crippen LogP contribution in [0.2, 0.25) is 0 Å². The summed E-state index contributed by atoms with van der Waals surface area (Å²) in [5, 5.41) is 0. The van der Waals surface area contributed by atoms with Crippen molar-refractivity contribution in [3.05, 3.63) is 18.7 Å². The van der Waals surface area contributed by atoms with E-state index in [4.69, 9.17) is 4.74 Å². The second-order valence-corrected chi connectivity index (χ2v) is 5.52. The van der Waals surface area contributed by atoms with Crippen LogP contribution in [0.15, 0.2) is 18.7 Å². The predicted molar refractivity (Wildman–Crippen MR) is 74.1 cm³/mol. The summed E-state index contributed by atoms with van der Waals surface area (Å²) in [5.41, 5.74) is 0.